The fraction of sp³-hybridized carbons (Fsp3) is 0.200. The van der Waals surface area contributed by atoms with Crippen LogP contribution in [0.2, 0.25) is 5.02 Å². The van der Waals surface area contributed by atoms with Crippen molar-refractivity contribution in [1.82, 2.24) is 0 Å². The SMILES string of the molecule is Cc1cc(C=NN=C(N)N)c(C)cc1Cl. The predicted molar refractivity (Wildman–Crippen MR) is 64.3 cm³/mol. The first-order valence-corrected chi connectivity index (χ1v) is 4.77. The van der Waals surface area contributed by atoms with Crippen LogP contribution >= 0.6 is 11.6 Å². The number of halogens is 1. The fourth-order valence-electron chi connectivity index (χ4n) is 1.10. The zero-order chi connectivity index (χ0) is 11.4. The highest BCUT2D eigenvalue weighted by molar-refractivity contribution is 6.31. The Bertz CT molecular complexity index is 420. The van der Waals surface area contributed by atoms with Gasteiger partial charge >= 0.3 is 0 Å². The summed E-state index contributed by atoms with van der Waals surface area (Å²) in [7, 11) is 0. The maximum atomic E-state index is 5.96. The van der Waals surface area contributed by atoms with Gasteiger partial charge in [-0.25, -0.2) is 0 Å². The quantitative estimate of drug-likeness (QED) is 0.454. The van der Waals surface area contributed by atoms with Crippen molar-refractivity contribution in [2.45, 2.75) is 13.8 Å². The van der Waals surface area contributed by atoms with Crippen molar-refractivity contribution in [3.63, 3.8) is 0 Å². The van der Waals surface area contributed by atoms with Crippen molar-refractivity contribution in [2.24, 2.45) is 21.7 Å². The highest BCUT2D eigenvalue weighted by Gasteiger charge is 2.00. The van der Waals surface area contributed by atoms with Gasteiger partial charge in [-0.05, 0) is 42.7 Å². The Morgan fingerprint density at radius 2 is 1.93 bits per heavy atom. The molecule has 0 aliphatic carbocycles. The van der Waals surface area contributed by atoms with Crippen LogP contribution in [-0.2, 0) is 0 Å². The summed E-state index contributed by atoms with van der Waals surface area (Å²) in [6, 6.07) is 3.82. The average Bonchev–Trinajstić information content (AvgIpc) is 2.13. The minimum atomic E-state index is -0.0606. The number of aryl methyl sites for hydroxylation is 2. The van der Waals surface area contributed by atoms with E-state index in [1.807, 2.05) is 26.0 Å². The fourth-order valence-corrected chi connectivity index (χ4v) is 1.32. The highest BCUT2D eigenvalue weighted by atomic mass is 35.5. The number of hydrogen-bond donors (Lipinski definition) is 2. The van der Waals surface area contributed by atoms with Crippen molar-refractivity contribution in [3.8, 4) is 0 Å². The number of nitrogens with two attached hydrogens (primary N) is 2. The summed E-state index contributed by atoms with van der Waals surface area (Å²) in [5.74, 6) is -0.0606. The molecule has 0 unspecified atom stereocenters. The standard InChI is InChI=1S/C10H13ClN4/c1-6-4-9(11)7(2)3-8(6)5-14-15-10(12)13/h3-5H,1-2H3,(H4,12,13,15). The summed E-state index contributed by atoms with van der Waals surface area (Å²) in [5, 5.41) is 8.01. The van der Waals surface area contributed by atoms with Crippen LogP contribution in [0, 0.1) is 13.8 Å². The molecule has 0 atom stereocenters. The van der Waals surface area contributed by atoms with Gasteiger partial charge in [0.05, 0.1) is 6.21 Å². The molecule has 0 saturated carbocycles. The summed E-state index contributed by atoms with van der Waals surface area (Å²) in [4.78, 5) is 0. The summed E-state index contributed by atoms with van der Waals surface area (Å²) in [6.45, 7) is 3.88. The highest BCUT2D eigenvalue weighted by Crippen LogP contribution is 2.19. The van der Waals surface area contributed by atoms with Gasteiger partial charge < -0.3 is 11.5 Å². The van der Waals surface area contributed by atoms with E-state index in [2.05, 4.69) is 10.2 Å². The Balaban J connectivity index is 3.01. The lowest BCUT2D eigenvalue weighted by Crippen LogP contribution is -2.21. The summed E-state index contributed by atoms with van der Waals surface area (Å²) >= 11 is 5.96. The number of hydrogen-bond acceptors (Lipinski definition) is 2. The van der Waals surface area contributed by atoms with Crippen LogP contribution in [0.3, 0.4) is 0 Å². The van der Waals surface area contributed by atoms with Gasteiger partial charge in [-0.1, -0.05) is 11.6 Å². The van der Waals surface area contributed by atoms with Crippen LogP contribution in [0.25, 0.3) is 0 Å². The van der Waals surface area contributed by atoms with Crippen LogP contribution in [-0.4, -0.2) is 12.2 Å². The maximum Gasteiger partial charge on any atom is 0.211 e. The number of guanidine groups is 1. The molecule has 1 aromatic carbocycles. The third-order valence-corrected chi connectivity index (χ3v) is 2.32. The third-order valence-electron chi connectivity index (χ3n) is 1.92. The van der Waals surface area contributed by atoms with Crippen LogP contribution in [0.4, 0.5) is 0 Å². The Morgan fingerprint density at radius 3 is 2.53 bits per heavy atom. The van der Waals surface area contributed by atoms with E-state index in [9.17, 15) is 0 Å². The van der Waals surface area contributed by atoms with E-state index >= 15 is 0 Å². The Hall–Kier alpha value is -1.55. The van der Waals surface area contributed by atoms with E-state index < -0.39 is 0 Å². The first kappa shape index (κ1) is 11.5. The molecule has 1 aromatic rings. The number of rotatable bonds is 2. The predicted octanol–water partition coefficient (Wildman–Crippen LogP) is 1.56. The van der Waals surface area contributed by atoms with E-state index in [0.29, 0.717) is 0 Å². The zero-order valence-corrected chi connectivity index (χ0v) is 9.42. The molecule has 0 aliphatic rings. The van der Waals surface area contributed by atoms with E-state index in [0.717, 1.165) is 21.7 Å². The topological polar surface area (TPSA) is 76.8 Å². The van der Waals surface area contributed by atoms with Gasteiger partial charge in [0, 0.05) is 5.02 Å². The second-order valence-electron chi connectivity index (χ2n) is 3.23. The van der Waals surface area contributed by atoms with E-state index in [1.54, 1.807) is 6.21 Å². The molecule has 0 spiro atoms. The molecule has 0 fully saturated rings. The van der Waals surface area contributed by atoms with Crippen molar-refractivity contribution in [1.29, 1.82) is 0 Å². The maximum absolute atomic E-state index is 5.96. The van der Waals surface area contributed by atoms with E-state index in [1.165, 1.54) is 0 Å². The molecular formula is C10H13ClN4. The summed E-state index contributed by atoms with van der Waals surface area (Å²) in [5.41, 5.74) is 13.3. The smallest absolute Gasteiger partial charge is 0.211 e. The van der Waals surface area contributed by atoms with Gasteiger partial charge in [0.25, 0.3) is 0 Å². The van der Waals surface area contributed by atoms with Crippen LogP contribution < -0.4 is 11.5 Å². The lowest BCUT2D eigenvalue weighted by Gasteiger charge is -2.03. The van der Waals surface area contributed by atoms with Gasteiger partial charge in [-0.2, -0.15) is 5.10 Å². The van der Waals surface area contributed by atoms with Crippen molar-refractivity contribution < 1.29 is 0 Å². The molecule has 80 valence electrons. The Labute approximate surface area is 93.6 Å². The largest absolute Gasteiger partial charge is 0.369 e. The molecule has 5 heteroatoms. The first-order chi connectivity index (χ1) is 7.00. The summed E-state index contributed by atoms with van der Waals surface area (Å²) in [6.07, 6.45) is 1.60. The molecule has 0 bridgehead atoms. The third kappa shape index (κ3) is 3.25. The van der Waals surface area contributed by atoms with Gasteiger partial charge in [-0.3, -0.25) is 0 Å². The molecule has 0 radical (unpaired) electrons. The Morgan fingerprint density at radius 1 is 1.27 bits per heavy atom. The van der Waals surface area contributed by atoms with E-state index in [4.69, 9.17) is 23.1 Å². The van der Waals surface area contributed by atoms with Crippen molar-refractivity contribution in [2.75, 3.05) is 0 Å². The molecule has 4 nitrogen and oxygen atoms in total. The summed E-state index contributed by atoms with van der Waals surface area (Å²) < 4.78 is 0. The molecule has 1 rings (SSSR count). The van der Waals surface area contributed by atoms with Gasteiger partial charge in [0.1, 0.15) is 0 Å². The van der Waals surface area contributed by atoms with Crippen LogP contribution in [0.1, 0.15) is 16.7 Å². The molecule has 0 heterocycles. The lowest BCUT2D eigenvalue weighted by atomic mass is 10.1. The molecule has 0 saturated heterocycles. The molecule has 0 amide bonds. The average molecular weight is 225 g/mol. The monoisotopic (exact) mass is 224 g/mol. The molecular weight excluding hydrogens is 212 g/mol. The molecule has 4 N–H and O–H groups in total. The molecule has 0 aromatic heterocycles. The normalized spacial score (nSPS) is 10.6. The minimum absolute atomic E-state index is 0.0606. The molecule has 0 aliphatic heterocycles. The van der Waals surface area contributed by atoms with Crippen molar-refractivity contribution in [3.05, 3.63) is 33.8 Å². The van der Waals surface area contributed by atoms with Crippen molar-refractivity contribution >= 4 is 23.8 Å². The number of benzene rings is 1. The van der Waals surface area contributed by atoms with Gasteiger partial charge in [-0.15, -0.1) is 5.10 Å². The van der Waals surface area contributed by atoms with Crippen LogP contribution in [0.15, 0.2) is 22.3 Å². The van der Waals surface area contributed by atoms with Crippen LogP contribution in [0.5, 0.6) is 0 Å². The molecule has 15 heavy (non-hydrogen) atoms. The Kier molecular flexibility index (Phi) is 3.68. The zero-order valence-electron chi connectivity index (χ0n) is 8.66. The van der Waals surface area contributed by atoms with E-state index in [-0.39, 0.29) is 5.96 Å². The minimum Gasteiger partial charge on any atom is -0.369 e. The second-order valence-corrected chi connectivity index (χ2v) is 3.63. The number of nitrogens with zero attached hydrogens (tertiary/aromatic N) is 2. The van der Waals surface area contributed by atoms with Gasteiger partial charge in [0.15, 0.2) is 0 Å². The second kappa shape index (κ2) is 4.79. The lowest BCUT2D eigenvalue weighted by molar-refractivity contribution is 1.21. The van der Waals surface area contributed by atoms with Gasteiger partial charge in [0.2, 0.25) is 5.96 Å². The first-order valence-electron chi connectivity index (χ1n) is 4.39.